The summed E-state index contributed by atoms with van der Waals surface area (Å²) in [6.45, 7) is 13.2. The van der Waals surface area contributed by atoms with Gasteiger partial charge in [-0.15, -0.1) is 0 Å². The standard InChI is InChI=1S/C25H39F3N4O3/c1-4-23(33)32(22-7-5-6-21(29-22)25(26,27)28)19-24(8-15-34-16-9-24)31-12-10-30(11-13-31)14-17-35-18-20(2)3/h5-7,20H,4,8-19H2,1-3H3. The van der Waals surface area contributed by atoms with E-state index in [0.717, 1.165) is 58.2 Å². The summed E-state index contributed by atoms with van der Waals surface area (Å²) in [5.74, 6) is 0.336. The number of carbonyl (C=O) groups is 1. The molecule has 0 bridgehead atoms. The SMILES string of the molecule is CCC(=O)N(CC1(N2CCN(CCOCC(C)C)CC2)CCOCC1)c1cccc(C(F)(F)F)n1. The Morgan fingerprint density at radius 2 is 1.89 bits per heavy atom. The molecule has 0 spiro atoms. The summed E-state index contributed by atoms with van der Waals surface area (Å²) >= 11 is 0. The summed E-state index contributed by atoms with van der Waals surface area (Å²) < 4.78 is 51.3. The van der Waals surface area contributed by atoms with Crippen LogP contribution in [0.1, 0.15) is 45.7 Å². The first kappa shape index (κ1) is 27.8. The predicted molar refractivity (Wildman–Crippen MR) is 128 cm³/mol. The number of alkyl halides is 3. The quantitative estimate of drug-likeness (QED) is 0.457. The predicted octanol–water partition coefficient (Wildman–Crippen LogP) is 3.68. The van der Waals surface area contributed by atoms with E-state index in [1.54, 1.807) is 6.92 Å². The molecule has 198 valence electrons. The average molecular weight is 501 g/mol. The number of rotatable bonds is 10. The molecule has 0 radical (unpaired) electrons. The highest BCUT2D eigenvalue weighted by atomic mass is 19.4. The van der Waals surface area contributed by atoms with Gasteiger partial charge in [0.25, 0.3) is 0 Å². The number of carbonyl (C=O) groups excluding carboxylic acids is 1. The van der Waals surface area contributed by atoms with Crippen LogP contribution in [0, 0.1) is 5.92 Å². The van der Waals surface area contributed by atoms with E-state index in [9.17, 15) is 18.0 Å². The molecule has 0 saturated carbocycles. The Hall–Kier alpha value is -1.75. The van der Waals surface area contributed by atoms with Gasteiger partial charge < -0.3 is 9.47 Å². The molecule has 2 fully saturated rings. The van der Waals surface area contributed by atoms with Gasteiger partial charge in [0.1, 0.15) is 11.5 Å². The topological polar surface area (TPSA) is 58.1 Å². The number of piperazine rings is 1. The van der Waals surface area contributed by atoms with E-state index in [4.69, 9.17) is 9.47 Å². The second-order valence-electron chi connectivity index (χ2n) is 9.85. The molecule has 35 heavy (non-hydrogen) atoms. The number of amides is 1. The van der Waals surface area contributed by atoms with Gasteiger partial charge in [0.05, 0.1) is 6.61 Å². The summed E-state index contributed by atoms with van der Waals surface area (Å²) in [6.07, 6.45) is -2.94. The van der Waals surface area contributed by atoms with Crippen molar-refractivity contribution in [2.75, 3.05) is 70.6 Å². The largest absolute Gasteiger partial charge is 0.433 e. The molecule has 0 N–H and O–H groups in total. The van der Waals surface area contributed by atoms with Crippen LogP contribution in [-0.4, -0.2) is 91.9 Å². The van der Waals surface area contributed by atoms with Gasteiger partial charge in [-0.3, -0.25) is 19.5 Å². The number of aromatic nitrogens is 1. The van der Waals surface area contributed by atoms with E-state index in [-0.39, 0.29) is 23.7 Å². The molecule has 1 aromatic rings. The molecule has 3 rings (SSSR count). The number of halogens is 3. The maximum atomic E-state index is 13.3. The molecule has 2 saturated heterocycles. The first-order chi connectivity index (χ1) is 16.6. The molecule has 7 nitrogen and oxygen atoms in total. The van der Waals surface area contributed by atoms with Gasteiger partial charge in [0, 0.05) is 71.0 Å². The number of anilines is 1. The lowest BCUT2D eigenvalue weighted by Gasteiger charge is -2.51. The van der Waals surface area contributed by atoms with Crippen LogP contribution in [0.15, 0.2) is 18.2 Å². The maximum absolute atomic E-state index is 13.3. The minimum Gasteiger partial charge on any atom is -0.381 e. The van der Waals surface area contributed by atoms with Crippen LogP contribution in [0.3, 0.4) is 0 Å². The normalized spacial score (nSPS) is 19.7. The maximum Gasteiger partial charge on any atom is 0.433 e. The summed E-state index contributed by atoms with van der Waals surface area (Å²) in [4.78, 5) is 23.0. The molecule has 2 aliphatic rings. The fraction of sp³-hybridized carbons (Fsp3) is 0.760. The Morgan fingerprint density at radius 3 is 2.49 bits per heavy atom. The number of hydrogen-bond acceptors (Lipinski definition) is 6. The third-order valence-electron chi connectivity index (χ3n) is 6.83. The van der Waals surface area contributed by atoms with Gasteiger partial charge in [-0.05, 0) is 30.9 Å². The molecular formula is C25H39F3N4O3. The van der Waals surface area contributed by atoms with Crippen molar-refractivity contribution in [3.63, 3.8) is 0 Å². The van der Waals surface area contributed by atoms with Crippen LogP contribution in [0.4, 0.5) is 19.0 Å². The summed E-state index contributed by atoms with van der Waals surface area (Å²) in [5, 5.41) is 0. The number of pyridine rings is 1. The van der Waals surface area contributed by atoms with E-state index in [1.165, 1.54) is 17.0 Å². The van der Waals surface area contributed by atoms with Gasteiger partial charge in [-0.25, -0.2) is 4.98 Å². The van der Waals surface area contributed by atoms with Crippen LogP contribution in [0.2, 0.25) is 0 Å². The van der Waals surface area contributed by atoms with E-state index < -0.39 is 11.9 Å². The second-order valence-corrected chi connectivity index (χ2v) is 9.85. The molecule has 2 aliphatic heterocycles. The molecular weight excluding hydrogens is 461 g/mol. The lowest BCUT2D eigenvalue weighted by atomic mass is 9.86. The number of ether oxygens (including phenoxy) is 2. The van der Waals surface area contributed by atoms with Crippen LogP contribution in [-0.2, 0) is 20.4 Å². The zero-order chi connectivity index (χ0) is 25.5. The molecule has 0 unspecified atom stereocenters. The van der Waals surface area contributed by atoms with Crippen molar-refractivity contribution in [2.24, 2.45) is 5.92 Å². The minimum absolute atomic E-state index is 0.0541. The molecule has 0 atom stereocenters. The van der Waals surface area contributed by atoms with Gasteiger partial charge in [-0.2, -0.15) is 13.2 Å². The van der Waals surface area contributed by atoms with E-state index in [0.29, 0.717) is 32.3 Å². The van der Waals surface area contributed by atoms with Crippen molar-refractivity contribution in [1.29, 1.82) is 0 Å². The highest BCUT2D eigenvalue weighted by molar-refractivity contribution is 5.92. The third kappa shape index (κ3) is 7.62. The highest BCUT2D eigenvalue weighted by Gasteiger charge is 2.43. The summed E-state index contributed by atoms with van der Waals surface area (Å²) in [7, 11) is 0. The summed E-state index contributed by atoms with van der Waals surface area (Å²) in [6, 6.07) is 3.75. The zero-order valence-corrected chi connectivity index (χ0v) is 21.1. The van der Waals surface area contributed by atoms with Crippen molar-refractivity contribution < 1.29 is 27.4 Å². The molecule has 0 aliphatic carbocycles. The van der Waals surface area contributed by atoms with E-state index in [1.807, 2.05) is 0 Å². The van der Waals surface area contributed by atoms with Crippen LogP contribution < -0.4 is 4.90 Å². The van der Waals surface area contributed by atoms with Crippen molar-refractivity contribution in [3.8, 4) is 0 Å². The number of nitrogens with zero attached hydrogens (tertiary/aromatic N) is 4. The minimum atomic E-state index is -4.57. The fourth-order valence-corrected chi connectivity index (χ4v) is 4.80. The molecule has 0 aromatic carbocycles. The van der Waals surface area contributed by atoms with Crippen LogP contribution in [0.5, 0.6) is 0 Å². The van der Waals surface area contributed by atoms with Crippen molar-refractivity contribution >= 4 is 11.7 Å². The Kier molecular flexibility index (Phi) is 9.92. The van der Waals surface area contributed by atoms with Crippen LogP contribution in [0.25, 0.3) is 0 Å². The molecule has 3 heterocycles. The molecule has 1 amide bonds. The molecule has 1 aromatic heterocycles. The van der Waals surface area contributed by atoms with Gasteiger partial charge in [0.15, 0.2) is 0 Å². The monoisotopic (exact) mass is 500 g/mol. The van der Waals surface area contributed by atoms with Crippen molar-refractivity contribution in [2.45, 2.75) is 51.7 Å². The first-order valence-corrected chi connectivity index (χ1v) is 12.6. The average Bonchev–Trinajstić information content (AvgIpc) is 2.85. The van der Waals surface area contributed by atoms with E-state index in [2.05, 4.69) is 28.6 Å². The Balaban J connectivity index is 1.74. The Bertz CT molecular complexity index is 807. The lowest BCUT2D eigenvalue weighted by molar-refractivity contribution is -0.141. The van der Waals surface area contributed by atoms with Crippen molar-refractivity contribution in [3.05, 3.63) is 23.9 Å². The smallest absolute Gasteiger partial charge is 0.381 e. The van der Waals surface area contributed by atoms with Gasteiger partial charge >= 0.3 is 6.18 Å². The second kappa shape index (κ2) is 12.5. The first-order valence-electron chi connectivity index (χ1n) is 12.6. The van der Waals surface area contributed by atoms with Crippen molar-refractivity contribution in [1.82, 2.24) is 14.8 Å². The highest BCUT2D eigenvalue weighted by Crippen LogP contribution is 2.33. The number of hydrogen-bond donors (Lipinski definition) is 0. The lowest BCUT2D eigenvalue weighted by Crippen LogP contribution is -2.63. The Morgan fingerprint density at radius 1 is 1.20 bits per heavy atom. The van der Waals surface area contributed by atoms with Crippen LogP contribution >= 0.6 is 0 Å². The summed E-state index contributed by atoms with van der Waals surface area (Å²) in [5.41, 5.74) is -1.35. The molecule has 10 heteroatoms. The van der Waals surface area contributed by atoms with E-state index >= 15 is 0 Å². The van der Waals surface area contributed by atoms with Gasteiger partial charge in [-0.1, -0.05) is 26.8 Å². The third-order valence-corrected chi connectivity index (χ3v) is 6.83. The van der Waals surface area contributed by atoms with Gasteiger partial charge in [0.2, 0.25) is 5.91 Å². The fourth-order valence-electron chi connectivity index (χ4n) is 4.80. The zero-order valence-electron chi connectivity index (χ0n) is 21.1. The Labute approximate surface area is 206 Å².